The molecule has 2 nitrogen and oxygen atoms in total. The zero-order valence-corrected chi connectivity index (χ0v) is 9.32. The van der Waals surface area contributed by atoms with Crippen LogP contribution in [0.2, 0.25) is 5.02 Å². The topological polar surface area (TPSA) is 21.3 Å². The molecule has 0 spiro atoms. The van der Waals surface area contributed by atoms with E-state index in [0.717, 1.165) is 6.07 Å². The van der Waals surface area contributed by atoms with Gasteiger partial charge in [-0.15, -0.1) is 0 Å². The number of nitrogens with one attached hydrogen (secondary N) is 1. The average Bonchev–Trinajstić information content (AvgIpc) is 2.19. The molecule has 0 aromatic heterocycles. The zero-order chi connectivity index (χ0) is 12.2. The summed E-state index contributed by atoms with van der Waals surface area (Å²) < 4.78 is 42.6. The highest BCUT2D eigenvalue weighted by Crippen LogP contribution is 2.36. The molecule has 1 N–H and O–H groups in total. The Bertz CT molecular complexity index is 354. The molecule has 1 aromatic carbocycles. The van der Waals surface area contributed by atoms with E-state index in [4.69, 9.17) is 16.3 Å². The van der Waals surface area contributed by atoms with E-state index in [0.29, 0.717) is 13.2 Å². The normalized spacial score (nSPS) is 11.6. The summed E-state index contributed by atoms with van der Waals surface area (Å²) in [6.07, 6.45) is -4.42. The third-order valence-electron chi connectivity index (χ3n) is 1.91. The Labute approximate surface area is 96.4 Å². The minimum atomic E-state index is -4.42. The van der Waals surface area contributed by atoms with Gasteiger partial charge in [0.05, 0.1) is 12.2 Å². The van der Waals surface area contributed by atoms with Crippen molar-refractivity contribution in [2.45, 2.75) is 6.18 Å². The van der Waals surface area contributed by atoms with Gasteiger partial charge in [-0.2, -0.15) is 13.2 Å². The molecule has 0 heterocycles. The monoisotopic (exact) mass is 253 g/mol. The van der Waals surface area contributed by atoms with Gasteiger partial charge in [0, 0.05) is 24.4 Å². The van der Waals surface area contributed by atoms with E-state index in [1.54, 1.807) is 0 Å². The fourth-order valence-electron chi connectivity index (χ4n) is 1.19. The van der Waals surface area contributed by atoms with E-state index in [9.17, 15) is 13.2 Å². The maximum atomic E-state index is 12.6. The van der Waals surface area contributed by atoms with Crippen molar-refractivity contribution in [2.75, 3.05) is 25.6 Å². The number of hydrogen-bond acceptors (Lipinski definition) is 2. The number of rotatable bonds is 4. The van der Waals surface area contributed by atoms with E-state index in [-0.39, 0.29) is 10.7 Å². The molecule has 0 radical (unpaired) electrons. The number of hydrogen-bond donors (Lipinski definition) is 1. The smallest absolute Gasteiger partial charge is 0.383 e. The van der Waals surface area contributed by atoms with E-state index in [1.165, 1.54) is 19.2 Å². The van der Waals surface area contributed by atoms with Crippen LogP contribution in [0.3, 0.4) is 0 Å². The average molecular weight is 254 g/mol. The lowest BCUT2D eigenvalue weighted by Gasteiger charge is -2.14. The van der Waals surface area contributed by atoms with Crippen LogP contribution in [-0.4, -0.2) is 20.3 Å². The highest BCUT2D eigenvalue weighted by atomic mass is 35.5. The highest BCUT2D eigenvalue weighted by molar-refractivity contribution is 6.30. The predicted octanol–water partition coefficient (Wildman–Crippen LogP) is 3.42. The molecule has 0 amide bonds. The van der Waals surface area contributed by atoms with Gasteiger partial charge in [-0.05, 0) is 18.2 Å². The molecule has 0 saturated carbocycles. The van der Waals surface area contributed by atoms with Gasteiger partial charge < -0.3 is 10.1 Å². The van der Waals surface area contributed by atoms with Crippen LogP contribution in [0.15, 0.2) is 18.2 Å². The molecule has 1 aromatic rings. The summed E-state index contributed by atoms with van der Waals surface area (Å²) in [7, 11) is 1.48. The summed E-state index contributed by atoms with van der Waals surface area (Å²) >= 11 is 5.53. The van der Waals surface area contributed by atoms with E-state index < -0.39 is 11.7 Å². The van der Waals surface area contributed by atoms with Gasteiger partial charge in [-0.1, -0.05) is 11.6 Å². The zero-order valence-electron chi connectivity index (χ0n) is 8.57. The Kier molecular flexibility index (Phi) is 4.44. The van der Waals surface area contributed by atoms with Crippen LogP contribution in [-0.2, 0) is 10.9 Å². The van der Waals surface area contributed by atoms with Crippen molar-refractivity contribution >= 4 is 17.3 Å². The van der Waals surface area contributed by atoms with Crippen LogP contribution < -0.4 is 5.32 Å². The number of ether oxygens (including phenoxy) is 1. The van der Waals surface area contributed by atoms with E-state index in [2.05, 4.69) is 5.32 Å². The number of benzene rings is 1. The molecular formula is C10H11ClF3NO. The molecule has 0 atom stereocenters. The van der Waals surface area contributed by atoms with Gasteiger partial charge in [0.25, 0.3) is 0 Å². The van der Waals surface area contributed by atoms with Gasteiger partial charge in [0.2, 0.25) is 0 Å². The summed E-state index contributed by atoms with van der Waals surface area (Å²) in [4.78, 5) is 0. The van der Waals surface area contributed by atoms with Gasteiger partial charge in [-0.25, -0.2) is 0 Å². The van der Waals surface area contributed by atoms with Crippen LogP contribution in [0.5, 0.6) is 0 Å². The maximum Gasteiger partial charge on any atom is 0.418 e. The minimum absolute atomic E-state index is 0.00829. The Morgan fingerprint density at radius 3 is 2.62 bits per heavy atom. The summed E-state index contributed by atoms with van der Waals surface area (Å²) in [5.41, 5.74) is -0.759. The van der Waals surface area contributed by atoms with E-state index >= 15 is 0 Å². The molecule has 0 bridgehead atoms. The largest absolute Gasteiger partial charge is 0.418 e. The summed E-state index contributed by atoms with van der Waals surface area (Å²) in [6.45, 7) is 0.640. The molecule has 0 aliphatic rings. The molecule has 0 saturated heterocycles. The van der Waals surface area contributed by atoms with Crippen LogP contribution in [0.25, 0.3) is 0 Å². The SMILES string of the molecule is COCCNc1ccc(Cl)cc1C(F)(F)F. The Hall–Kier alpha value is -0.940. The third-order valence-corrected chi connectivity index (χ3v) is 2.14. The van der Waals surface area contributed by atoms with Gasteiger partial charge >= 0.3 is 6.18 Å². The predicted molar refractivity (Wildman–Crippen MR) is 56.8 cm³/mol. The van der Waals surface area contributed by atoms with Crippen LogP contribution in [0.4, 0.5) is 18.9 Å². The van der Waals surface area contributed by atoms with Crippen molar-refractivity contribution in [1.29, 1.82) is 0 Å². The fourth-order valence-corrected chi connectivity index (χ4v) is 1.37. The van der Waals surface area contributed by atoms with Crippen LogP contribution >= 0.6 is 11.6 Å². The first-order chi connectivity index (χ1) is 7.45. The van der Waals surface area contributed by atoms with Crippen molar-refractivity contribution in [3.05, 3.63) is 28.8 Å². The molecule has 90 valence electrons. The fraction of sp³-hybridized carbons (Fsp3) is 0.400. The first kappa shape index (κ1) is 13.1. The Balaban J connectivity index is 2.90. The van der Waals surface area contributed by atoms with Gasteiger partial charge in [0.15, 0.2) is 0 Å². The van der Waals surface area contributed by atoms with Crippen molar-refractivity contribution in [3.63, 3.8) is 0 Å². The Morgan fingerprint density at radius 1 is 1.38 bits per heavy atom. The number of methoxy groups -OCH3 is 1. The Morgan fingerprint density at radius 2 is 2.06 bits per heavy atom. The lowest BCUT2D eigenvalue weighted by molar-refractivity contribution is -0.136. The second kappa shape index (κ2) is 5.41. The second-order valence-electron chi connectivity index (χ2n) is 3.11. The molecule has 6 heteroatoms. The first-order valence-electron chi connectivity index (χ1n) is 4.54. The first-order valence-corrected chi connectivity index (χ1v) is 4.92. The quantitative estimate of drug-likeness (QED) is 0.831. The molecule has 0 fully saturated rings. The maximum absolute atomic E-state index is 12.6. The van der Waals surface area contributed by atoms with Crippen LogP contribution in [0, 0.1) is 0 Å². The summed E-state index contributed by atoms with van der Waals surface area (Å²) in [5.74, 6) is 0. The molecule has 0 aliphatic heterocycles. The van der Waals surface area contributed by atoms with Gasteiger partial charge in [0.1, 0.15) is 0 Å². The third kappa shape index (κ3) is 3.57. The highest BCUT2D eigenvalue weighted by Gasteiger charge is 2.33. The van der Waals surface area contributed by atoms with Crippen molar-refractivity contribution in [3.8, 4) is 0 Å². The molecular weight excluding hydrogens is 243 g/mol. The van der Waals surface area contributed by atoms with Crippen molar-refractivity contribution < 1.29 is 17.9 Å². The lowest BCUT2D eigenvalue weighted by Crippen LogP contribution is -2.13. The lowest BCUT2D eigenvalue weighted by atomic mass is 10.1. The van der Waals surface area contributed by atoms with Crippen molar-refractivity contribution in [1.82, 2.24) is 0 Å². The minimum Gasteiger partial charge on any atom is -0.383 e. The molecule has 0 unspecified atom stereocenters. The summed E-state index contributed by atoms with van der Waals surface area (Å²) in [5, 5.41) is 2.70. The standard InChI is InChI=1S/C10H11ClF3NO/c1-16-5-4-15-9-3-2-7(11)6-8(9)10(12,13)14/h2-3,6,15H,4-5H2,1H3. The molecule has 0 aliphatic carbocycles. The van der Waals surface area contributed by atoms with Crippen LogP contribution in [0.1, 0.15) is 5.56 Å². The van der Waals surface area contributed by atoms with Gasteiger partial charge in [-0.3, -0.25) is 0 Å². The molecule has 1 rings (SSSR count). The number of halogens is 4. The molecule has 16 heavy (non-hydrogen) atoms. The number of anilines is 1. The number of alkyl halides is 3. The summed E-state index contributed by atoms with van der Waals surface area (Å²) in [6, 6.07) is 3.61. The second-order valence-corrected chi connectivity index (χ2v) is 3.54. The van der Waals surface area contributed by atoms with Crippen molar-refractivity contribution in [2.24, 2.45) is 0 Å². The van der Waals surface area contributed by atoms with E-state index in [1.807, 2.05) is 0 Å².